The third-order valence-electron chi connectivity index (χ3n) is 3.17. The molecule has 0 aliphatic carbocycles. The maximum Gasteiger partial charge on any atom is 0.224 e. The van der Waals surface area contributed by atoms with Crippen LogP contribution in [0.2, 0.25) is 0 Å². The van der Waals surface area contributed by atoms with Crippen molar-refractivity contribution >= 4 is 11.6 Å². The highest BCUT2D eigenvalue weighted by Crippen LogP contribution is 2.17. The summed E-state index contributed by atoms with van der Waals surface area (Å²) in [5.41, 5.74) is 6.05. The topological polar surface area (TPSA) is 73.6 Å². The van der Waals surface area contributed by atoms with Crippen LogP contribution in [0, 0.1) is 5.82 Å². The van der Waals surface area contributed by atoms with Gasteiger partial charge in [0.05, 0.1) is 6.61 Å². The fourth-order valence-corrected chi connectivity index (χ4v) is 2.01. The second-order valence-corrected chi connectivity index (χ2v) is 5.09. The van der Waals surface area contributed by atoms with Gasteiger partial charge in [0, 0.05) is 18.7 Å². The van der Waals surface area contributed by atoms with Crippen molar-refractivity contribution in [2.45, 2.75) is 12.8 Å². The van der Waals surface area contributed by atoms with Gasteiger partial charge in [0.15, 0.2) is 11.6 Å². The Morgan fingerprint density at radius 3 is 2.50 bits per heavy atom. The number of amides is 1. The number of ether oxygens (including phenoxy) is 2. The normalized spacial score (nSPS) is 10.2. The lowest BCUT2D eigenvalue weighted by Crippen LogP contribution is -2.13. The van der Waals surface area contributed by atoms with E-state index >= 15 is 0 Å². The van der Waals surface area contributed by atoms with Crippen LogP contribution in [0.5, 0.6) is 11.5 Å². The summed E-state index contributed by atoms with van der Waals surface area (Å²) in [6.45, 7) is 1.18. The van der Waals surface area contributed by atoms with E-state index in [-0.39, 0.29) is 18.3 Å². The zero-order valence-corrected chi connectivity index (χ0v) is 13.3. The van der Waals surface area contributed by atoms with Crippen LogP contribution in [0.15, 0.2) is 48.5 Å². The van der Waals surface area contributed by atoms with Crippen LogP contribution in [0.4, 0.5) is 10.1 Å². The fraction of sp³-hybridized carbons (Fsp3) is 0.278. The summed E-state index contributed by atoms with van der Waals surface area (Å²) in [5.74, 6) is 0.379. The lowest BCUT2D eigenvalue weighted by molar-refractivity contribution is -0.116. The number of anilines is 1. The molecule has 0 bridgehead atoms. The monoisotopic (exact) mass is 332 g/mol. The van der Waals surface area contributed by atoms with Crippen LogP contribution in [-0.4, -0.2) is 25.7 Å². The molecule has 0 unspecified atom stereocenters. The number of para-hydroxylation sites is 1. The summed E-state index contributed by atoms with van der Waals surface area (Å²) >= 11 is 0. The molecule has 0 atom stereocenters. The highest BCUT2D eigenvalue weighted by atomic mass is 19.1. The van der Waals surface area contributed by atoms with Gasteiger partial charge in [-0.1, -0.05) is 12.1 Å². The van der Waals surface area contributed by atoms with E-state index in [9.17, 15) is 9.18 Å². The van der Waals surface area contributed by atoms with E-state index in [0.29, 0.717) is 37.4 Å². The molecular formula is C18H21FN2O3. The number of benzene rings is 2. The molecule has 24 heavy (non-hydrogen) atoms. The summed E-state index contributed by atoms with van der Waals surface area (Å²) in [4.78, 5) is 11.9. The first-order valence-electron chi connectivity index (χ1n) is 7.79. The number of nitrogens with one attached hydrogen (secondary N) is 1. The van der Waals surface area contributed by atoms with Gasteiger partial charge >= 0.3 is 0 Å². The van der Waals surface area contributed by atoms with E-state index in [1.165, 1.54) is 6.07 Å². The summed E-state index contributed by atoms with van der Waals surface area (Å²) in [7, 11) is 0. The molecule has 0 fully saturated rings. The number of halogens is 1. The van der Waals surface area contributed by atoms with Crippen LogP contribution in [0.3, 0.4) is 0 Å². The minimum Gasteiger partial charge on any atom is -0.492 e. The average Bonchev–Trinajstić information content (AvgIpc) is 2.59. The van der Waals surface area contributed by atoms with Crippen molar-refractivity contribution in [3.8, 4) is 11.5 Å². The Balaban J connectivity index is 1.68. The Labute approximate surface area is 140 Å². The minimum absolute atomic E-state index is 0.122. The molecule has 0 heterocycles. The predicted octanol–water partition coefficient (Wildman–Crippen LogP) is 2.96. The molecule has 0 saturated heterocycles. The molecule has 0 saturated carbocycles. The SMILES string of the molecule is NCCOc1ccc(NC(=O)CCCOc2ccccc2F)cc1. The van der Waals surface area contributed by atoms with Crippen molar-refractivity contribution in [1.29, 1.82) is 0 Å². The maximum atomic E-state index is 13.4. The van der Waals surface area contributed by atoms with E-state index in [2.05, 4.69) is 5.32 Å². The van der Waals surface area contributed by atoms with Crippen LogP contribution in [0.1, 0.15) is 12.8 Å². The van der Waals surface area contributed by atoms with Crippen LogP contribution < -0.4 is 20.5 Å². The Morgan fingerprint density at radius 2 is 1.79 bits per heavy atom. The van der Waals surface area contributed by atoms with E-state index in [4.69, 9.17) is 15.2 Å². The van der Waals surface area contributed by atoms with E-state index in [1.807, 2.05) is 0 Å². The highest BCUT2D eigenvalue weighted by Gasteiger charge is 2.05. The Bertz CT molecular complexity index is 647. The predicted molar refractivity (Wildman–Crippen MR) is 90.8 cm³/mol. The van der Waals surface area contributed by atoms with Crippen molar-refractivity contribution < 1.29 is 18.7 Å². The Morgan fingerprint density at radius 1 is 1.04 bits per heavy atom. The largest absolute Gasteiger partial charge is 0.492 e. The maximum absolute atomic E-state index is 13.4. The Kier molecular flexibility index (Phi) is 7.04. The first kappa shape index (κ1) is 17.7. The fourth-order valence-electron chi connectivity index (χ4n) is 2.01. The summed E-state index contributed by atoms with van der Waals surface area (Å²) < 4.78 is 24.0. The molecular weight excluding hydrogens is 311 g/mol. The molecule has 0 aliphatic rings. The van der Waals surface area contributed by atoms with Gasteiger partial charge in [-0.25, -0.2) is 4.39 Å². The van der Waals surface area contributed by atoms with Crippen LogP contribution in [0.25, 0.3) is 0 Å². The Hall–Kier alpha value is -2.60. The number of hydrogen-bond donors (Lipinski definition) is 2. The number of nitrogens with two attached hydrogens (primary N) is 1. The van der Waals surface area contributed by atoms with Gasteiger partial charge in [-0.2, -0.15) is 0 Å². The van der Waals surface area contributed by atoms with Gasteiger partial charge in [-0.05, 0) is 42.8 Å². The van der Waals surface area contributed by atoms with Crippen molar-refractivity contribution in [3.63, 3.8) is 0 Å². The summed E-state index contributed by atoms with van der Waals surface area (Å²) in [6.07, 6.45) is 0.789. The molecule has 0 aromatic heterocycles. The average molecular weight is 332 g/mol. The number of hydrogen-bond acceptors (Lipinski definition) is 4. The van der Waals surface area contributed by atoms with E-state index in [0.717, 1.165) is 0 Å². The lowest BCUT2D eigenvalue weighted by atomic mass is 10.2. The molecule has 2 rings (SSSR count). The smallest absolute Gasteiger partial charge is 0.224 e. The second-order valence-electron chi connectivity index (χ2n) is 5.09. The van der Waals surface area contributed by atoms with Crippen LogP contribution in [-0.2, 0) is 4.79 Å². The van der Waals surface area contributed by atoms with Crippen LogP contribution >= 0.6 is 0 Å². The number of carbonyl (C=O) groups is 1. The molecule has 0 radical (unpaired) electrons. The van der Waals surface area contributed by atoms with Crippen molar-refractivity contribution in [1.82, 2.24) is 0 Å². The van der Waals surface area contributed by atoms with E-state index in [1.54, 1.807) is 42.5 Å². The number of carbonyl (C=O) groups excluding carboxylic acids is 1. The molecule has 2 aromatic carbocycles. The minimum atomic E-state index is -0.404. The molecule has 3 N–H and O–H groups in total. The highest BCUT2D eigenvalue weighted by molar-refractivity contribution is 5.90. The molecule has 0 aliphatic heterocycles. The van der Waals surface area contributed by atoms with E-state index < -0.39 is 5.82 Å². The number of rotatable bonds is 9. The zero-order valence-electron chi connectivity index (χ0n) is 13.3. The van der Waals surface area contributed by atoms with Gasteiger partial charge < -0.3 is 20.5 Å². The standard InChI is InChI=1S/C18H21FN2O3/c19-16-4-1-2-5-17(16)24-12-3-6-18(22)21-14-7-9-15(10-8-14)23-13-11-20/h1-2,4-5,7-10H,3,6,11-13,20H2,(H,21,22). The van der Waals surface area contributed by atoms with Gasteiger partial charge in [0.25, 0.3) is 0 Å². The molecule has 5 nitrogen and oxygen atoms in total. The van der Waals surface area contributed by atoms with Gasteiger partial charge in [0.1, 0.15) is 12.4 Å². The summed E-state index contributed by atoms with van der Waals surface area (Å²) in [5, 5.41) is 2.79. The van der Waals surface area contributed by atoms with Crippen molar-refractivity contribution in [2.24, 2.45) is 5.73 Å². The van der Waals surface area contributed by atoms with Crippen molar-refractivity contribution in [2.75, 3.05) is 25.1 Å². The lowest BCUT2D eigenvalue weighted by Gasteiger charge is -2.09. The molecule has 0 spiro atoms. The quantitative estimate of drug-likeness (QED) is 0.693. The first-order valence-corrected chi connectivity index (χ1v) is 7.79. The van der Waals surface area contributed by atoms with Crippen molar-refractivity contribution in [3.05, 3.63) is 54.3 Å². The summed E-state index contributed by atoms with van der Waals surface area (Å²) in [6, 6.07) is 13.3. The first-order chi connectivity index (χ1) is 11.7. The zero-order chi connectivity index (χ0) is 17.2. The molecule has 128 valence electrons. The van der Waals surface area contributed by atoms with Gasteiger partial charge in [0.2, 0.25) is 5.91 Å². The van der Waals surface area contributed by atoms with Gasteiger partial charge in [-0.3, -0.25) is 4.79 Å². The third kappa shape index (κ3) is 5.89. The third-order valence-corrected chi connectivity index (χ3v) is 3.17. The molecule has 2 aromatic rings. The molecule has 1 amide bonds. The molecule has 6 heteroatoms. The van der Waals surface area contributed by atoms with Gasteiger partial charge in [-0.15, -0.1) is 0 Å². The second kappa shape index (κ2) is 9.52.